The number of rotatable bonds is 6. The van der Waals surface area contributed by atoms with Crippen LogP contribution in [0.15, 0.2) is 53.0 Å². The van der Waals surface area contributed by atoms with Gasteiger partial charge in [0.1, 0.15) is 5.75 Å². The molecule has 2 aromatic rings. The van der Waals surface area contributed by atoms with Gasteiger partial charge in [0, 0.05) is 28.9 Å². The van der Waals surface area contributed by atoms with Crippen LogP contribution in [0.4, 0.5) is 0 Å². The number of methoxy groups -OCH3 is 1. The summed E-state index contributed by atoms with van der Waals surface area (Å²) in [5.74, 6) is 0.418. The third kappa shape index (κ3) is 4.66. The van der Waals surface area contributed by atoms with E-state index >= 15 is 0 Å². The van der Waals surface area contributed by atoms with E-state index in [2.05, 4.69) is 21.2 Å². The zero-order chi connectivity index (χ0) is 16.8. The van der Waals surface area contributed by atoms with Crippen molar-refractivity contribution in [3.8, 4) is 5.75 Å². The number of carbonyl (C=O) groups excluding carboxylic acids is 2. The van der Waals surface area contributed by atoms with Crippen LogP contribution in [0.3, 0.4) is 0 Å². The fourth-order valence-electron chi connectivity index (χ4n) is 2.38. The van der Waals surface area contributed by atoms with Crippen molar-refractivity contribution in [2.24, 2.45) is 0 Å². The Hall–Kier alpha value is -2.14. The number of ether oxygens (including phenoxy) is 1. The van der Waals surface area contributed by atoms with Crippen molar-refractivity contribution in [2.45, 2.75) is 19.4 Å². The number of ketones is 1. The molecule has 0 aliphatic heterocycles. The molecule has 0 heterocycles. The third-order valence-corrected chi connectivity index (χ3v) is 3.98. The molecule has 0 aliphatic carbocycles. The monoisotopic (exact) mass is 375 g/mol. The summed E-state index contributed by atoms with van der Waals surface area (Å²) in [5.41, 5.74) is 1.40. The number of nitrogens with one attached hydrogen (secondary N) is 1. The summed E-state index contributed by atoms with van der Waals surface area (Å²) in [4.78, 5) is 24.0. The van der Waals surface area contributed by atoms with E-state index in [1.54, 1.807) is 19.2 Å². The average molecular weight is 376 g/mol. The number of hydrogen-bond acceptors (Lipinski definition) is 3. The number of hydrogen-bond donors (Lipinski definition) is 1. The van der Waals surface area contributed by atoms with Gasteiger partial charge in [-0.05, 0) is 18.2 Å². The van der Waals surface area contributed by atoms with Crippen molar-refractivity contribution in [2.75, 3.05) is 7.11 Å². The van der Waals surface area contributed by atoms with Gasteiger partial charge in [-0.3, -0.25) is 9.59 Å². The van der Waals surface area contributed by atoms with E-state index in [0.29, 0.717) is 11.3 Å². The maximum Gasteiger partial charge on any atom is 0.217 e. The van der Waals surface area contributed by atoms with Crippen LogP contribution in [0.5, 0.6) is 5.75 Å². The SMILES string of the molecule is COc1ccccc1C(CC(=O)c1ccc(Br)cc1)NC(C)=O. The molecule has 5 heteroatoms. The molecule has 0 fully saturated rings. The summed E-state index contributed by atoms with van der Waals surface area (Å²) in [7, 11) is 1.57. The molecule has 1 amide bonds. The van der Waals surface area contributed by atoms with Gasteiger partial charge in [-0.15, -0.1) is 0 Å². The lowest BCUT2D eigenvalue weighted by molar-refractivity contribution is -0.119. The standard InChI is InChI=1S/C18H18BrNO3/c1-12(21)20-16(15-5-3-4-6-18(15)23-2)11-17(22)13-7-9-14(19)10-8-13/h3-10,16H,11H2,1-2H3,(H,20,21). The van der Waals surface area contributed by atoms with Crippen LogP contribution in [-0.2, 0) is 4.79 Å². The largest absolute Gasteiger partial charge is 0.496 e. The highest BCUT2D eigenvalue weighted by Crippen LogP contribution is 2.28. The van der Waals surface area contributed by atoms with Crippen molar-refractivity contribution in [1.82, 2.24) is 5.32 Å². The molecular weight excluding hydrogens is 358 g/mol. The number of amides is 1. The van der Waals surface area contributed by atoms with Gasteiger partial charge in [-0.2, -0.15) is 0 Å². The highest BCUT2D eigenvalue weighted by molar-refractivity contribution is 9.10. The van der Waals surface area contributed by atoms with Crippen molar-refractivity contribution in [3.05, 3.63) is 64.1 Å². The Labute approximate surface area is 144 Å². The smallest absolute Gasteiger partial charge is 0.217 e. The van der Waals surface area contributed by atoms with Gasteiger partial charge in [-0.1, -0.05) is 46.3 Å². The molecule has 0 spiro atoms. The number of para-hydroxylation sites is 1. The van der Waals surface area contributed by atoms with Crippen molar-refractivity contribution < 1.29 is 14.3 Å². The van der Waals surface area contributed by atoms with Gasteiger partial charge in [-0.25, -0.2) is 0 Å². The quantitative estimate of drug-likeness (QED) is 0.778. The van der Waals surface area contributed by atoms with Crippen molar-refractivity contribution in [3.63, 3.8) is 0 Å². The van der Waals surface area contributed by atoms with Crippen molar-refractivity contribution in [1.29, 1.82) is 0 Å². The molecule has 23 heavy (non-hydrogen) atoms. The fraction of sp³-hybridized carbons (Fsp3) is 0.222. The highest BCUT2D eigenvalue weighted by Gasteiger charge is 2.21. The van der Waals surface area contributed by atoms with Crippen LogP contribution >= 0.6 is 15.9 Å². The second-order valence-electron chi connectivity index (χ2n) is 5.13. The minimum Gasteiger partial charge on any atom is -0.496 e. The third-order valence-electron chi connectivity index (χ3n) is 3.45. The van der Waals surface area contributed by atoms with Crippen LogP contribution < -0.4 is 10.1 Å². The molecule has 4 nitrogen and oxygen atoms in total. The first-order chi connectivity index (χ1) is 11.0. The average Bonchev–Trinajstić information content (AvgIpc) is 2.54. The van der Waals surface area contributed by atoms with Gasteiger partial charge in [0.25, 0.3) is 0 Å². The Morgan fingerprint density at radius 1 is 1.13 bits per heavy atom. The molecule has 1 unspecified atom stereocenters. The van der Waals surface area contributed by atoms with E-state index in [1.807, 2.05) is 36.4 Å². The Kier molecular flexibility index (Phi) is 5.93. The molecule has 0 bridgehead atoms. The van der Waals surface area contributed by atoms with Gasteiger partial charge < -0.3 is 10.1 Å². The summed E-state index contributed by atoms with van der Waals surface area (Å²) in [6.07, 6.45) is 0.168. The molecule has 1 N–H and O–H groups in total. The summed E-state index contributed by atoms with van der Waals surface area (Å²) >= 11 is 3.35. The zero-order valence-corrected chi connectivity index (χ0v) is 14.6. The molecule has 2 rings (SSSR count). The Balaban J connectivity index is 2.26. The van der Waals surface area contributed by atoms with Crippen molar-refractivity contribution >= 4 is 27.6 Å². The summed E-state index contributed by atoms with van der Waals surface area (Å²) in [6, 6.07) is 14.1. The number of halogens is 1. The fourth-order valence-corrected chi connectivity index (χ4v) is 2.64. The molecule has 120 valence electrons. The van der Waals surface area contributed by atoms with Crippen LogP contribution in [0.2, 0.25) is 0 Å². The molecule has 1 atom stereocenters. The Morgan fingerprint density at radius 2 is 1.78 bits per heavy atom. The zero-order valence-electron chi connectivity index (χ0n) is 13.0. The van der Waals surface area contributed by atoms with Crippen LogP contribution in [0, 0.1) is 0 Å². The second-order valence-corrected chi connectivity index (χ2v) is 6.04. The van der Waals surface area contributed by atoms with Gasteiger partial charge in [0.2, 0.25) is 5.91 Å². The lowest BCUT2D eigenvalue weighted by Crippen LogP contribution is -2.28. The number of benzene rings is 2. The second kappa shape index (κ2) is 7.92. The molecule has 0 saturated heterocycles. The topological polar surface area (TPSA) is 55.4 Å². The first-order valence-corrected chi connectivity index (χ1v) is 7.99. The summed E-state index contributed by atoms with van der Waals surface area (Å²) in [5, 5.41) is 2.83. The molecule has 0 aliphatic rings. The van der Waals surface area contributed by atoms with Gasteiger partial charge in [0.05, 0.1) is 13.2 Å². The minimum atomic E-state index is -0.431. The van der Waals surface area contributed by atoms with Crippen LogP contribution in [0.25, 0.3) is 0 Å². The Morgan fingerprint density at radius 3 is 2.39 bits per heavy atom. The number of Topliss-reactive ketones (excluding diaryl/α,β-unsaturated/α-hetero) is 1. The lowest BCUT2D eigenvalue weighted by Gasteiger charge is -2.20. The normalized spacial score (nSPS) is 11.6. The van der Waals surface area contributed by atoms with E-state index in [9.17, 15) is 9.59 Å². The maximum absolute atomic E-state index is 12.5. The van der Waals surface area contributed by atoms with E-state index < -0.39 is 6.04 Å². The summed E-state index contributed by atoms with van der Waals surface area (Å²) in [6.45, 7) is 1.44. The van der Waals surface area contributed by atoms with Gasteiger partial charge >= 0.3 is 0 Å². The molecule has 0 radical (unpaired) electrons. The van der Waals surface area contributed by atoms with E-state index in [-0.39, 0.29) is 18.1 Å². The predicted octanol–water partition coefficient (Wildman–Crippen LogP) is 3.91. The predicted molar refractivity (Wildman–Crippen MR) is 92.6 cm³/mol. The van der Waals surface area contributed by atoms with Crippen LogP contribution in [-0.4, -0.2) is 18.8 Å². The Bertz CT molecular complexity index is 698. The molecule has 2 aromatic carbocycles. The molecule has 0 aromatic heterocycles. The maximum atomic E-state index is 12.5. The number of carbonyl (C=O) groups is 2. The first-order valence-electron chi connectivity index (χ1n) is 7.20. The van der Waals surface area contributed by atoms with E-state index in [4.69, 9.17) is 4.74 Å². The molecular formula is C18H18BrNO3. The van der Waals surface area contributed by atoms with E-state index in [1.165, 1.54) is 6.92 Å². The van der Waals surface area contributed by atoms with E-state index in [0.717, 1.165) is 10.0 Å². The minimum absolute atomic E-state index is 0.0397. The van der Waals surface area contributed by atoms with Gasteiger partial charge in [0.15, 0.2) is 5.78 Å². The highest BCUT2D eigenvalue weighted by atomic mass is 79.9. The molecule has 0 saturated carbocycles. The summed E-state index contributed by atoms with van der Waals surface area (Å²) < 4.78 is 6.26. The lowest BCUT2D eigenvalue weighted by atomic mass is 9.97. The van der Waals surface area contributed by atoms with Crippen LogP contribution in [0.1, 0.15) is 35.3 Å². The first kappa shape index (κ1) is 17.2.